The van der Waals surface area contributed by atoms with Gasteiger partial charge in [0, 0.05) is 25.7 Å². The van der Waals surface area contributed by atoms with E-state index in [-0.39, 0.29) is 22.9 Å². The van der Waals surface area contributed by atoms with Crippen LogP contribution in [0.2, 0.25) is 0 Å². The van der Waals surface area contributed by atoms with E-state index in [0.29, 0.717) is 31.4 Å². The van der Waals surface area contributed by atoms with Crippen LogP contribution in [0.1, 0.15) is 18.4 Å². The maximum Gasteiger partial charge on any atom is 0.417 e. The van der Waals surface area contributed by atoms with Crippen LogP contribution in [0, 0.1) is 5.92 Å². The summed E-state index contributed by atoms with van der Waals surface area (Å²) in [5.41, 5.74) is 1.53. The number of methoxy groups -OCH3 is 1. The predicted octanol–water partition coefficient (Wildman–Crippen LogP) is 1.85. The molecule has 0 radical (unpaired) electrons. The third kappa shape index (κ3) is 4.49. The van der Waals surface area contributed by atoms with E-state index in [1.807, 2.05) is 24.3 Å². The van der Waals surface area contributed by atoms with E-state index in [4.69, 9.17) is 9.15 Å². The van der Waals surface area contributed by atoms with E-state index in [9.17, 15) is 18.0 Å². The molecule has 10 heteroatoms. The summed E-state index contributed by atoms with van der Waals surface area (Å²) >= 11 is 0. The van der Waals surface area contributed by atoms with Crippen molar-refractivity contribution in [2.75, 3.05) is 20.2 Å². The Kier molecular flexibility index (Phi) is 5.84. The second-order valence-corrected chi connectivity index (χ2v) is 9.38. The minimum Gasteiger partial charge on any atom is -0.497 e. The first kappa shape index (κ1) is 21.1. The lowest BCUT2D eigenvalue weighted by atomic mass is 9.99. The quantitative estimate of drug-likeness (QED) is 0.597. The Morgan fingerprint density at radius 3 is 2.77 bits per heavy atom. The van der Waals surface area contributed by atoms with E-state index in [1.54, 1.807) is 7.11 Å². The lowest BCUT2D eigenvalue weighted by molar-refractivity contribution is -0.126. The van der Waals surface area contributed by atoms with E-state index in [1.165, 1.54) is 22.5 Å². The molecule has 4 rings (SSSR count). The molecule has 164 valence electrons. The first-order valence-corrected chi connectivity index (χ1v) is 11.3. The predicted molar refractivity (Wildman–Crippen MR) is 113 cm³/mol. The number of nitrogens with one attached hydrogen (secondary N) is 2. The van der Waals surface area contributed by atoms with Crippen LogP contribution in [0.25, 0.3) is 11.1 Å². The summed E-state index contributed by atoms with van der Waals surface area (Å²) in [4.78, 5) is 26.5. The Balaban J connectivity index is 1.43. The average Bonchev–Trinajstić information content (AvgIpc) is 3.17. The Hall–Kier alpha value is -3.11. The molecule has 9 nitrogen and oxygen atoms in total. The molecule has 0 spiro atoms. The summed E-state index contributed by atoms with van der Waals surface area (Å²) in [7, 11) is -2.23. The average molecular weight is 445 g/mol. The highest BCUT2D eigenvalue weighted by molar-refractivity contribution is 7.89. The molecular weight excluding hydrogens is 422 g/mol. The van der Waals surface area contributed by atoms with Gasteiger partial charge < -0.3 is 14.5 Å². The number of H-pyrrole nitrogens is 1. The van der Waals surface area contributed by atoms with Crippen LogP contribution in [0.5, 0.6) is 5.75 Å². The minimum absolute atomic E-state index is 0.0297. The van der Waals surface area contributed by atoms with Gasteiger partial charge in [0.1, 0.15) is 5.75 Å². The number of aromatic nitrogens is 1. The number of carbonyl (C=O) groups excluding carboxylic acids is 1. The first-order valence-electron chi connectivity index (χ1n) is 9.90. The lowest BCUT2D eigenvalue weighted by Gasteiger charge is -2.31. The molecule has 0 bridgehead atoms. The number of carbonyl (C=O) groups is 1. The van der Waals surface area contributed by atoms with E-state index >= 15 is 0 Å². The highest BCUT2D eigenvalue weighted by Gasteiger charge is 2.33. The highest BCUT2D eigenvalue weighted by atomic mass is 32.2. The SMILES string of the molecule is COc1ccc(CNC(=O)[C@H]2CCCN(S(=O)(=O)c3ccc4[nH]c(=O)oc4c3)C2)cc1. The number of nitrogens with zero attached hydrogens (tertiary/aromatic N) is 1. The smallest absolute Gasteiger partial charge is 0.417 e. The number of amides is 1. The van der Waals surface area contributed by atoms with Crippen molar-refractivity contribution in [3.8, 4) is 5.75 Å². The van der Waals surface area contributed by atoms with E-state index in [0.717, 1.165) is 11.3 Å². The Morgan fingerprint density at radius 1 is 1.26 bits per heavy atom. The molecule has 0 saturated carbocycles. The fraction of sp³-hybridized carbons (Fsp3) is 0.333. The fourth-order valence-electron chi connectivity index (χ4n) is 3.69. The first-order chi connectivity index (χ1) is 14.9. The van der Waals surface area contributed by atoms with Crippen molar-refractivity contribution >= 4 is 27.0 Å². The van der Waals surface area contributed by atoms with Crippen molar-refractivity contribution in [1.82, 2.24) is 14.6 Å². The van der Waals surface area contributed by atoms with E-state index < -0.39 is 21.7 Å². The maximum atomic E-state index is 13.1. The number of aromatic amines is 1. The molecule has 1 aliphatic heterocycles. The zero-order chi connectivity index (χ0) is 22.0. The van der Waals surface area contributed by atoms with Gasteiger partial charge >= 0.3 is 5.76 Å². The van der Waals surface area contributed by atoms with Gasteiger partial charge in [-0.25, -0.2) is 13.2 Å². The van der Waals surface area contributed by atoms with Crippen LogP contribution in [-0.2, 0) is 21.4 Å². The molecule has 2 aromatic carbocycles. The Morgan fingerprint density at radius 2 is 2.03 bits per heavy atom. The van der Waals surface area contributed by atoms with Gasteiger partial charge in [-0.05, 0) is 42.7 Å². The summed E-state index contributed by atoms with van der Waals surface area (Å²) in [6.07, 6.45) is 1.20. The molecule has 1 aliphatic rings. The summed E-state index contributed by atoms with van der Waals surface area (Å²) < 4.78 is 37.6. The molecule has 1 saturated heterocycles. The van der Waals surface area contributed by atoms with Crippen LogP contribution in [0.3, 0.4) is 0 Å². The number of rotatable bonds is 6. The molecular formula is C21H23N3O6S. The third-order valence-corrected chi connectivity index (χ3v) is 7.27. The van der Waals surface area contributed by atoms with Crippen molar-refractivity contribution in [2.45, 2.75) is 24.3 Å². The minimum atomic E-state index is -3.82. The van der Waals surface area contributed by atoms with E-state index in [2.05, 4.69) is 10.3 Å². The number of fused-ring (bicyclic) bond motifs is 1. The fourth-order valence-corrected chi connectivity index (χ4v) is 5.23. The number of benzene rings is 2. The van der Waals surface area contributed by atoms with Gasteiger partial charge in [0.2, 0.25) is 15.9 Å². The molecule has 0 aliphatic carbocycles. The molecule has 1 fully saturated rings. The number of oxazole rings is 1. The van der Waals surface area contributed by atoms with Crippen LogP contribution < -0.4 is 15.8 Å². The number of ether oxygens (including phenoxy) is 1. The van der Waals surface area contributed by atoms with Gasteiger partial charge in [-0.1, -0.05) is 12.1 Å². The number of hydrogen-bond acceptors (Lipinski definition) is 6. The summed E-state index contributed by atoms with van der Waals surface area (Å²) in [5, 5.41) is 2.89. The van der Waals surface area contributed by atoms with Gasteiger partial charge in [0.15, 0.2) is 5.58 Å². The summed E-state index contributed by atoms with van der Waals surface area (Å²) in [5.74, 6) is -0.519. The number of sulfonamides is 1. The van der Waals surface area contributed by atoms with Gasteiger partial charge in [-0.2, -0.15) is 4.31 Å². The standard InChI is InChI=1S/C21H23N3O6S/c1-29-16-6-4-14(5-7-16)12-22-20(25)15-3-2-10-24(13-15)31(27,28)17-8-9-18-19(11-17)30-21(26)23-18/h4-9,11,15H,2-3,10,12-13H2,1H3,(H,22,25)(H,23,26)/t15-/m0/s1. The molecule has 3 aromatic rings. The highest BCUT2D eigenvalue weighted by Crippen LogP contribution is 2.26. The molecule has 1 amide bonds. The van der Waals surface area contributed by atoms with Crippen LogP contribution in [0.4, 0.5) is 0 Å². The van der Waals surface area contributed by atoms with Crippen molar-refractivity contribution in [3.63, 3.8) is 0 Å². The Bertz CT molecular complexity index is 1250. The second kappa shape index (κ2) is 8.56. The summed E-state index contributed by atoms with van der Waals surface area (Å²) in [6, 6.07) is 11.6. The van der Waals surface area contributed by atoms with Gasteiger partial charge in [0.25, 0.3) is 0 Å². The van der Waals surface area contributed by atoms with Crippen LogP contribution in [-0.4, -0.2) is 43.8 Å². The zero-order valence-corrected chi connectivity index (χ0v) is 17.8. The van der Waals surface area contributed by atoms with Crippen molar-refractivity contribution in [1.29, 1.82) is 0 Å². The Labute approximate surface area is 179 Å². The normalized spacial score (nSPS) is 17.5. The van der Waals surface area contributed by atoms with Gasteiger partial charge in [0.05, 0.1) is 23.4 Å². The molecule has 0 unspecified atom stereocenters. The monoisotopic (exact) mass is 445 g/mol. The largest absolute Gasteiger partial charge is 0.497 e. The van der Waals surface area contributed by atoms with Gasteiger partial charge in [-0.15, -0.1) is 0 Å². The second-order valence-electron chi connectivity index (χ2n) is 7.44. The summed E-state index contributed by atoms with van der Waals surface area (Å²) in [6.45, 7) is 0.793. The molecule has 2 N–H and O–H groups in total. The molecule has 1 atom stereocenters. The zero-order valence-electron chi connectivity index (χ0n) is 17.0. The van der Waals surface area contributed by atoms with Crippen molar-refractivity contribution in [2.24, 2.45) is 5.92 Å². The van der Waals surface area contributed by atoms with Crippen molar-refractivity contribution < 1.29 is 22.4 Å². The molecule has 2 heterocycles. The number of hydrogen-bond donors (Lipinski definition) is 2. The number of piperidine rings is 1. The maximum absolute atomic E-state index is 13.1. The molecule has 1 aromatic heterocycles. The topological polar surface area (TPSA) is 122 Å². The third-order valence-electron chi connectivity index (χ3n) is 5.41. The van der Waals surface area contributed by atoms with Gasteiger partial charge in [-0.3, -0.25) is 9.78 Å². The van der Waals surface area contributed by atoms with Crippen LogP contribution >= 0.6 is 0 Å². The lowest BCUT2D eigenvalue weighted by Crippen LogP contribution is -2.45. The van der Waals surface area contributed by atoms with Crippen molar-refractivity contribution in [3.05, 3.63) is 58.6 Å². The molecule has 31 heavy (non-hydrogen) atoms. The van der Waals surface area contributed by atoms with Crippen LogP contribution in [0.15, 0.2) is 56.6 Å².